The molecule has 1 fully saturated rings. The predicted octanol–water partition coefficient (Wildman–Crippen LogP) is 1.65. The van der Waals surface area contributed by atoms with Crippen molar-refractivity contribution in [3.8, 4) is 0 Å². The van der Waals surface area contributed by atoms with Crippen molar-refractivity contribution in [2.45, 2.75) is 58.7 Å². The van der Waals surface area contributed by atoms with Crippen LogP contribution < -0.4 is 10.2 Å². The predicted molar refractivity (Wildman–Crippen MR) is 73.8 cm³/mol. The van der Waals surface area contributed by atoms with Crippen molar-refractivity contribution in [3.63, 3.8) is 0 Å². The van der Waals surface area contributed by atoms with Gasteiger partial charge in [-0.25, -0.2) is 4.68 Å². The van der Waals surface area contributed by atoms with Crippen LogP contribution in [0.25, 0.3) is 0 Å². The van der Waals surface area contributed by atoms with Crippen LogP contribution in [0.2, 0.25) is 0 Å². The molecule has 18 heavy (non-hydrogen) atoms. The summed E-state index contributed by atoms with van der Waals surface area (Å²) in [6.07, 6.45) is 5.55. The van der Waals surface area contributed by atoms with Crippen molar-refractivity contribution >= 4 is 5.82 Å². The van der Waals surface area contributed by atoms with Crippen LogP contribution in [0.3, 0.4) is 0 Å². The van der Waals surface area contributed by atoms with E-state index in [1.165, 1.54) is 12.8 Å². The minimum atomic E-state index is 0.474. The minimum absolute atomic E-state index is 0.474. The fourth-order valence-corrected chi connectivity index (χ4v) is 2.56. The van der Waals surface area contributed by atoms with Gasteiger partial charge in [-0.15, -0.1) is 5.10 Å². The Morgan fingerprint density at radius 3 is 3.00 bits per heavy atom. The number of aryl methyl sites for hydroxylation is 1. The van der Waals surface area contributed by atoms with Crippen LogP contribution in [0.5, 0.6) is 0 Å². The summed E-state index contributed by atoms with van der Waals surface area (Å²) < 4.78 is 2.02. The Balaban J connectivity index is 2.10. The summed E-state index contributed by atoms with van der Waals surface area (Å²) in [4.78, 5) is 2.42. The molecule has 102 valence electrons. The molecule has 0 amide bonds. The van der Waals surface area contributed by atoms with E-state index in [0.717, 1.165) is 31.9 Å². The maximum atomic E-state index is 4.19. The van der Waals surface area contributed by atoms with Crippen LogP contribution in [0.1, 0.15) is 40.0 Å². The second-order valence-electron chi connectivity index (χ2n) is 5.35. The molecule has 2 rings (SSSR count). The highest BCUT2D eigenvalue weighted by Gasteiger charge is 2.22. The Morgan fingerprint density at radius 1 is 1.56 bits per heavy atom. The monoisotopic (exact) mass is 251 g/mol. The quantitative estimate of drug-likeness (QED) is 0.835. The first kappa shape index (κ1) is 13.3. The fourth-order valence-electron chi connectivity index (χ4n) is 2.56. The van der Waals surface area contributed by atoms with Crippen molar-refractivity contribution in [1.82, 2.24) is 20.3 Å². The van der Waals surface area contributed by atoms with Crippen molar-refractivity contribution in [3.05, 3.63) is 6.20 Å². The van der Waals surface area contributed by atoms with Gasteiger partial charge in [0.05, 0.1) is 6.20 Å². The highest BCUT2D eigenvalue weighted by atomic mass is 15.5. The summed E-state index contributed by atoms with van der Waals surface area (Å²) in [6.45, 7) is 9.79. The van der Waals surface area contributed by atoms with Crippen molar-refractivity contribution < 1.29 is 0 Å². The topological polar surface area (TPSA) is 46.0 Å². The zero-order valence-electron chi connectivity index (χ0n) is 11.8. The average Bonchev–Trinajstić information content (AvgIpc) is 2.97. The lowest BCUT2D eigenvalue weighted by Crippen LogP contribution is -2.42. The van der Waals surface area contributed by atoms with Gasteiger partial charge in [-0.3, -0.25) is 0 Å². The van der Waals surface area contributed by atoms with E-state index in [0.29, 0.717) is 12.1 Å². The number of rotatable bonds is 6. The first-order chi connectivity index (χ1) is 8.72. The van der Waals surface area contributed by atoms with E-state index in [-0.39, 0.29) is 0 Å². The Hall–Kier alpha value is -1.10. The molecular weight excluding hydrogens is 226 g/mol. The number of aromatic nitrogens is 3. The molecule has 2 heterocycles. The molecule has 5 heteroatoms. The van der Waals surface area contributed by atoms with Crippen LogP contribution in [0.4, 0.5) is 5.82 Å². The van der Waals surface area contributed by atoms with E-state index in [1.54, 1.807) is 0 Å². The van der Waals surface area contributed by atoms with Gasteiger partial charge in [0, 0.05) is 25.2 Å². The SMILES string of the molecule is CCCn1nncc1N(CC1CCCN1)C(C)C. The molecule has 1 atom stereocenters. The van der Waals surface area contributed by atoms with Gasteiger partial charge in [0.2, 0.25) is 0 Å². The second-order valence-corrected chi connectivity index (χ2v) is 5.35. The maximum absolute atomic E-state index is 4.19. The normalized spacial score (nSPS) is 19.7. The maximum Gasteiger partial charge on any atom is 0.147 e. The van der Waals surface area contributed by atoms with Gasteiger partial charge in [0.15, 0.2) is 0 Å². The van der Waals surface area contributed by atoms with Gasteiger partial charge >= 0.3 is 0 Å². The summed E-state index contributed by atoms with van der Waals surface area (Å²) >= 11 is 0. The molecule has 1 N–H and O–H groups in total. The zero-order valence-corrected chi connectivity index (χ0v) is 11.8. The van der Waals surface area contributed by atoms with Crippen LogP contribution in [0.15, 0.2) is 6.20 Å². The van der Waals surface area contributed by atoms with E-state index in [9.17, 15) is 0 Å². The zero-order chi connectivity index (χ0) is 13.0. The molecule has 0 bridgehead atoms. The van der Waals surface area contributed by atoms with Crippen LogP contribution in [-0.2, 0) is 6.54 Å². The summed E-state index contributed by atoms with van der Waals surface area (Å²) in [7, 11) is 0. The number of nitrogens with one attached hydrogen (secondary N) is 1. The lowest BCUT2D eigenvalue weighted by atomic mass is 10.2. The molecule has 1 aliphatic heterocycles. The highest BCUT2D eigenvalue weighted by molar-refractivity contribution is 5.37. The standard InChI is InChI=1S/C13H25N5/c1-4-8-18-13(9-15-16-18)17(11(2)3)10-12-6-5-7-14-12/h9,11-12,14H,4-8,10H2,1-3H3. The molecule has 1 aromatic rings. The number of anilines is 1. The average molecular weight is 251 g/mol. The largest absolute Gasteiger partial charge is 0.351 e. The summed E-state index contributed by atoms with van der Waals surface area (Å²) in [5.74, 6) is 1.15. The highest BCUT2D eigenvalue weighted by Crippen LogP contribution is 2.18. The van der Waals surface area contributed by atoms with Gasteiger partial charge in [-0.2, -0.15) is 0 Å². The Bertz CT molecular complexity index is 354. The molecule has 0 saturated carbocycles. The lowest BCUT2D eigenvalue weighted by molar-refractivity contribution is 0.518. The fraction of sp³-hybridized carbons (Fsp3) is 0.846. The summed E-state index contributed by atoms with van der Waals surface area (Å²) in [5, 5.41) is 11.8. The van der Waals surface area contributed by atoms with Gasteiger partial charge in [0.1, 0.15) is 5.82 Å². The smallest absolute Gasteiger partial charge is 0.147 e. The van der Waals surface area contributed by atoms with E-state index >= 15 is 0 Å². The van der Waals surface area contributed by atoms with Crippen molar-refractivity contribution in [1.29, 1.82) is 0 Å². The number of nitrogens with zero attached hydrogens (tertiary/aromatic N) is 4. The molecular formula is C13H25N5. The Morgan fingerprint density at radius 2 is 2.39 bits per heavy atom. The number of hydrogen-bond donors (Lipinski definition) is 1. The van der Waals surface area contributed by atoms with Crippen molar-refractivity contribution in [2.75, 3.05) is 18.0 Å². The molecule has 1 saturated heterocycles. The first-order valence-electron chi connectivity index (χ1n) is 7.11. The van der Waals surface area contributed by atoms with Gasteiger partial charge in [0.25, 0.3) is 0 Å². The lowest BCUT2D eigenvalue weighted by Gasteiger charge is -2.31. The second kappa shape index (κ2) is 6.18. The van der Waals surface area contributed by atoms with Gasteiger partial charge < -0.3 is 10.2 Å². The molecule has 5 nitrogen and oxygen atoms in total. The molecule has 1 aromatic heterocycles. The molecule has 0 radical (unpaired) electrons. The van der Waals surface area contributed by atoms with Crippen LogP contribution in [0, 0.1) is 0 Å². The third kappa shape index (κ3) is 3.02. The third-order valence-corrected chi connectivity index (χ3v) is 3.53. The first-order valence-corrected chi connectivity index (χ1v) is 7.11. The van der Waals surface area contributed by atoms with Gasteiger partial charge in [-0.05, 0) is 39.7 Å². The Kier molecular flexibility index (Phi) is 4.58. The molecule has 0 aromatic carbocycles. The molecule has 0 spiro atoms. The summed E-state index contributed by atoms with van der Waals surface area (Å²) in [6, 6.07) is 1.08. The Labute approximate surface area is 110 Å². The minimum Gasteiger partial charge on any atom is -0.351 e. The third-order valence-electron chi connectivity index (χ3n) is 3.53. The number of hydrogen-bond acceptors (Lipinski definition) is 4. The van der Waals surface area contributed by atoms with E-state index < -0.39 is 0 Å². The van der Waals surface area contributed by atoms with Crippen LogP contribution >= 0.6 is 0 Å². The van der Waals surface area contributed by atoms with Gasteiger partial charge in [-0.1, -0.05) is 12.1 Å². The molecule has 1 unspecified atom stereocenters. The molecule has 0 aliphatic carbocycles. The van der Waals surface area contributed by atoms with E-state index in [1.807, 2.05) is 10.9 Å². The summed E-state index contributed by atoms with van der Waals surface area (Å²) in [5.41, 5.74) is 0. The van der Waals surface area contributed by atoms with Crippen LogP contribution in [-0.4, -0.2) is 40.2 Å². The van der Waals surface area contributed by atoms with E-state index in [4.69, 9.17) is 0 Å². The van der Waals surface area contributed by atoms with Crippen molar-refractivity contribution in [2.24, 2.45) is 0 Å². The molecule has 1 aliphatic rings. The van der Waals surface area contributed by atoms with E-state index in [2.05, 4.69) is 41.3 Å².